The Morgan fingerprint density at radius 3 is 2.77 bits per heavy atom. The summed E-state index contributed by atoms with van der Waals surface area (Å²) in [5.74, 6) is 0. The molecule has 0 saturated carbocycles. The Balaban J connectivity index is 0.00000176. The van der Waals surface area contributed by atoms with Crippen LogP contribution in [0.25, 0.3) is 10.4 Å². The highest BCUT2D eigenvalue weighted by atomic mass is 35.5. The van der Waals surface area contributed by atoms with Crippen LogP contribution in [0.5, 0.6) is 0 Å². The lowest BCUT2D eigenvalue weighted by atomic mass is 10.1. The highest BCUT2D eigenvalue weighted by molar-refractivity contribution is 7.15. The van der Waals surface area contributed by atoms with Crippen molar-refractivity contribution in [2.24, 2.45) is 0 Å². The number of nitrogens with zero attached hydrogens (tertiary/aromatic N) is 3. The van der Waals surface area contributed by atoms with Crippen LogP contribution in [-0.2, 0) is 6.54 Å². The van der Waals surface area contributed by atoms with E-state index in [1.807, 2.05) is 14.1 Å². The maximum Gasteiger partial charge on any atom is 0.343 e. The fourth-order valence-electron chi connectivity index (χ4n) is 2.11. The Hall–Kier alpha value is -2.05. The lowest BCUT2D eigenvalue weighted by Crippen LogP contribution is -2.16. The van der Waals surface area contributed by atoms with E-state index in [-0.39, 0.29) is 18.1 Å². The van der Waals surface area contributed by atoms with Crippen LogP contribution in [-0.4, -0.2) is 28.9 Å². The molecule has 0 aliphatic carbocycles. The van der Waals surface area contributed by atoms with E-state index in [1.54, 1.807) is 15.9 Å². The van der Waals surface area contributed by atoms with E-state index in [0.29, 0.717) is 6.54 Å². The lowest BCUT2D eigenvalue weighted by Gasteiger charge is -2.12. The maximum absolute atomic E-state index is 11.5. The van der Waals surface area contributed by atoms with Crippen LogP contribution in [0.4, 0.5) is 5.69 Å². The monoisotopic (exact) mass is 336 g/mol. The van der Waals surface area contributed by atoms with Gasteiger partial charge in [-0.25, -0.2) is 9.89 Å². The van der Waals surface area contributed by atoms with Gasteiger partial charge in [-0.15, -0.1) is 23.7 Å². The van der Waals surface area contributed by atoms with Gasteiger partial charge in [0, 0.05) is 29.5 Å². The number of aromatic nitrogens is 3. The first-order valence-electron chi connectivity index (χ1n) is 6.60. The standard InChI is InChI=1S/C15H16N4OS.ClH/c1-18(2)12-5-3-4-11(8-12)14-7-6-13(21-14)9-19-10-16-17-15(19)20;/h3-8,10H,9H2,1-2H3,(H,17,20);1H. The number of anilines is 1. The predicted octanol–water partition coefficient (Wildman–Crippen LogP) is 2.84. The number of H-pyrrole nitrogens is 1. The molecule has 7 heteroatoms. The van der Waals surface area contributed by atoms with Gasteiger partial charge in [0.15, 0.2) is 0 Å². The summed E-state index contributed by atoms with van der Waals surface area (Å²) in [5, 5.41) is 6.14. The molecule has 1 aromatic carbocycles. The Morgan fingerprint density at radius 2 is 2.09 bits per heavy atom. The van der Waals surface area contributed by atoms with E-state index in [0.717, 1.165) is 4.88 Å². The minimum atomic E-state index is -0.181. The first kappa shape index (κ1) is 16.3. The molecule has 0 atom stereocenters. The molecule has 3 rings (SSSR count). The molecular formula is C15H17ClN4OS. The molecule has 0 spiro atoms. The normalized spacial score (nSPS) is 10.3. The van der Waals surface area contributed by atoms with Crippen molar-refractivity contribution in [1.82, 2.24) is 14.8 Å². The molecule has 2 heterocycles. The van der Waals surface area contributed by atoms with Crippen molar-refractivity contribution < 1.29 is 0 Å². The molecule has 0 saturated heterocycles. The first-order chi connectivity index (χ1) is 10.1. The van der Waals surface area contributed by atoms with Crippen molar-refractivity contribution in [2.45, 2.75) is 6.54 Å². The summed E-state index contributed by atoms with van der Waals surface area (Å²) in [4.78, 5) is 15.9. The van der Waals surface area contributed by atoms with E-state index in [9.17, 15) is 4.79 Å². The molecule has 22 heavy (non-hydrogen) atoms. The van der Waals surface area contributed by atoms with Crippen molar-refractivity contribution >= 4 is 29.4 Å². The van der Waals surface area contributed by atoms with E-state index >= 15 is 0 Å². The molecule has 0 aliphatic rings. The number of hydrogen-bond donors (Lipinski definition) is 1. The SMILES string of the molecule is CN(C)c1cccc(-c2ccc(Cn3cn[nH]c3=O)s2)c1.Cl. The van der Waals surface area contributed by atoms with Gasteiger partial charge >= 0.3 is 5.69 Å². The van der Waals surface area contributed by atoms with E-state index in [2.05, 4.69) is 51.5 Å². The predicted molar refractivity (Wildman–Crippen MR) is 93.3 cm³/mol. The Bertz CT molecular complexity index is 805. The summed E-state index contributed by atoms with van der Waals surface area (Å²) < 4.78 is 1.56. The minimum Gasteiger partial charge on any atom is -0.378 e. The van der Waals surface area contributed by atoms with Crippen LogP contribution in [0, 0.1) is 0 Å². The third kappa shape index (κ3) is 3.40. The number of thiophene rings is 1. The van der Waals surface area contributed by atoms with Crippen LogP contribution in [0.2, 0.25) is 0 Å². The average molecular weight is 337 g/mol. The van der Waals surface area contributed by atoms with Crippen LogP contribution >= 0.6 is 23.7 Å². The first-order valence-corrected chi connectivity index (χ1v) is 7.41. The number of hydrogen-bond acceptors (Lipinski definition) is 4. The number of nitrogens with one attached hydrogen (secondary N) is 1. The maximum atomic E-state index is 11.5. The van der Waals surface area contributed by atoms with Crippen molar-refractivity contribution in [3.05, 3.63) is 58.1 Å². The molecular weight excluding hydrogens is 320 g/mol. The van der Waals surface area contributed by atoms with Crippen LogP contribution in [0.15, 0.2) is 47.5 Å². The number of rotatable bonds is 4. The zero-order valence-corrected chi connectivity index (χ0v) is 13.9. The highest BCUT2D eigenvalue weighted by Gasteiger charge is 2.06. The average Bonchev–Trinajstić information content (AvgIpc) is 3.10. The molecule has 2 aromatic heterocycles. The lowest BCUT2D eigenvalue weighted by molar-refractivity contribution is 0.772. The van der Waals surface area contributed by atoms with E-state index in [4.69, 9.17) is 0 Å². The Morgan fingerprint density at radius 1 is 1.27 bits per heavy atom. The Labute approximate surface area is 138 Å². The molecule has 0 radical (unpaired) electrons. The minimum absolute atomic E-state index is 0. The molecule has 5 nitrogen and oxygen atoms in total. The van der Waals surface area contributed by atoms with Crippen molar-refractivity contribution in [3.8, 4) is 10.4 Å². The van der Waals surface area contributed by atoms with Crippen LogP contribution < -0.4 is 10.6 Å². The third-order valence-corrected chi connectivity index (χ3v) is 4.37. The summed E-state index contributed by atoms with van der Waals surface area (Å²) in [6.07, 6.45) is 1.52. The van der Waals surface area contributed by atoms with Crippen molar-refractivity contribution in [3.63, 3.8) is 0 Å². The number of aromatic amines is 1. The summed E-state index contributed by atoms with van der Waals surface area (Å²) in [6.45, 7) is 0.549. The smallest absolute Gasteiger partial charge is 0.343 e. The summed E-state index contributed by atoms with van der Waals surface area (Å²) in [6, 6.07) is 12.6. The second-order valence-corrected chi connectivity index (χ2v) is 6.17. The summed E-state index contributed by atoms with van der Waals surface area (Å²) >= 11 is 1.69. The van der Waals surface area contributed by atoms with Crippen LogP contribution in [0.1, 0.15) is 4.88 Å². The number of benzene rings is 1. The molecule has 1 N–H and O–H groups in total. The van der Waals surface area contributed by atoms with Crippen molar-refractivity contribution in [1.29, 1.82) is 0 Å². The zero-order chi connectivity index (χ0) is 14.8. The highest BCUT2D eigenvalue weighted by Crippen LogP contribution is 2.30. The van der Waals surface area contributed by atoms with Crippen LogP contribution in [0.3, 0.4) is 0 Å². The fourth-order valence-corrected chi connectivity index (χ4v) is 3.11. The molecule has 0 fully saturated rings. The molecule has 0 amide bonds. The fraction of sp³-hybridized carbons (Fsp3) is 0.200. The van der Waals surface area contributed by atoms with Gasteiger partial charge in [0.2, 0.25) is 0 Å². The quantitative estimate of drug-likeness (QED) is 0.797. The summed E-state index contributed by atoms with van der Waals surface area (Å²) in [5.41, 5.74) is 2.19. The van der Waals surface area contributed by atoms with Gasteiger partial charge in [0.25, 0.3) is 0 Å². The van der Waals surface area contributed by atoms with Gasteiger partial charge in [-0.1, -0.05) is 12.1 Å². The molecule has 3 aromatic rings. The zero-order valence-electron chi connectivity index (χ0n) is 12.3. The van der Waals surface area contributed by atoms with Gasteiger partial charge in [0.05, 0.1) is 6.54 Å². The van der Waals surface area contributed by atoms with Gasteiger partial charge in [-0.05, 0) is 29.8 Å². The summed E-state index contributed by atoms with van der Waals surface area (Å²) in [7, 11) is 4.06. The molecule has 116 valence electrons. The topological polar surface area (TPSA) is 53.9 Å². The molecule has 0 aliphatic heterocycles. The van der Waals surface area contributed by atoms with Gasteiger partial charge in [-0.2, -0.15) is 5.10 Å². The Kier molecular flexibility index (Phi) is 5.05. The molecule has 0 bridgehead atoms. The number of halogens is 1. The third-order valence-electron chi connectivity index (χ3n) is 3.25. The van der Waals surface area contributed by atoms with Crippen molar-refractivity contribution in [2.75, 3.05) is 19.0 Å². The van der Waals surface area contributed by atoms with E-state index < -0.39 is 0 Å². The largest absolute Gasteiger partial charge is 0.378 e. The van der Waals surface area contributed by atoms with E-state index in [1.165, 1.54) is 22.5 Å². The molecule has 0 unspecified atom stereocenters. The van der Waals surface area contributed by atoms with Gasteiger partial charge in [0.1, 0.15) is 6.33 Å². The second kappa shape index (κ2) is 6.81. The van der Waals surface area contributed by atoms with Gasteiger partial charge in [-0.3, -0.25) is 4.57 Å². The second-order valence-electron chi connectivity index (χ2n) is 5.00. The van der Waals surface area contributed by atoms with Gasteiger partial charge < -0.3 is 4.90 Å².